The summed E-state index contributed by atoms with van der Waals surface area (Å²) in [5.41, 5.74) is 0. The molecule has 0 aromatic heterocycles. The molecule has 1 aromatic carbocycles. The Morgan fingerprint density at radius 3 is 2.86 bits per heavy atom. The van der Waals surface area contributed by atoms with Crippen LogP contribution in [0.15, 0.2) is 30.9 Å². The molecule has 1 aliphatic heterocycles. The SMILES string of the molecule is C=CC(=O)NCCC(=O)NCCOc1ccc2c(c1)OCO2. The van der Waals surface area contributed by atoms with Crippen LogP contribution >= 0.6 is 0 Å². The highest BCUT2D eigenvalue weighted by Crippen LogP contribution is 2.34. The van der Waals surface area contributed by atoms with E-state index in [1.165, 1.54) is 0 Å². The zero-order chi connectivity index (χ0) is 15.8. The Hall–Kier alpha value is -2.70. The first-order valence-electron chi connectivity index (χ1n) is 6.88. The maximum atomic E-state index is 11.5. The maximum Gasteiger partial charge on any atom is 0.243 e. The van der Waals surface area contributed by atoms with Crippen LogP contribution in [0.25, 0.3) is 0 Å². The van der Waals surface area contributed by atoms with Gasteiger partial charge in [-0.1, -0.05) is 6.58 Å². The molecule has 1 aromatic rings. The topological polar surface area (TPSA) is 85.9 Å². The number of hydrogen-bond acceptors (Lipinski definition) is 5. The van der Waals surface area contributed by atoms with Crippen molar-refractivity contribution in [3.05, 3.63) is 30.9 Å². The van der Waals surface area contributed by atoms with Crippen LogP contribution in [-0.4, -0.2) is 38.3 Å². The average Bonchev–Trinajstić information content (AvgIpc) is 2.99. The lowest BCUT2D eigenvalue weighted by atomic mass is 10.3. The van der Waals surface area contributed by atoms with E-state index in [1.54, 1.807) is 18.2 Å². The molecule has 0 spiro atoms. The normalized spacial score (nSPS) is 11.6. The minimum atomic E-state index is -0.293. The lowest BCUT2D eigenvalue weighted by Gasteiger charge is -2.08. The van der Waals surface area contributed by atoms with Crippen LogP contribution in [0.4, 0.5) is 0 Å². The van der Waals surface area contributed by atoms with Gasteiger partial charge in [0, 0.05) is 19.0 Å². The van der Waals surface area contributed by atoms with Crippen molar-refractivity contribution in [1.29, 1.82) is 0 Å². The highest BCUT2D eigenvalue weighted by atomic mass is 16.7. The summed E-state index contributed by atoms with van der Waals surface area (Å²) >= 11 is 0. The second kappa shape index (κ2) is 7.92. The van der Waals surface area contributed by atoms with Crippen molar-refractivity contribution >= 4 is 11.8 Å². The van der Waals surface area contributed by atoms with E-state index >= 15 is 0 Å². The standard InChI is InChI=1S/C15H18N2O5/c1-2-14(18)16-6-5-15(19)17-7-8-20-11-3-4-12-13(9-11)22-10-21-12/h2-4,9H,1,5-8,10H2,(H,16,18)(H,17,19). The Morgan fingerprint density at radius 1 is 1.23 bits per heavy atom. The Morgan fingerprint density at radius 2 is 2.05 bits per heavy atom. The third kappa shape index (κ3) is 4.69. The highest BCUT2D eigenvalue weighted by Gasteiger charge is 2.13. The minimum Gasteiger partial charge on any atom is -0.492 e. The van der Waals surface area contributed by atoms with Crippen LogP contribution < -0.4 is 24.8 Å². The maximum absolute atomic E-state index is 11.5. The van der Waals surface area contributed by atoms with Crippen molar-refractivity contribution in [2.24, 2.45) is 0 Å². The number of hydrogen-bond donors (Lipinski definition) is 2. The lowest BCUT2D eigenvalue weighted by Crippen LogP contribution is -2.32. The van der Waals surface area contributed by atoms with Crippen LogP contribution in [-0.2, 0) is 9.59 Å². The highest BCUT2D eigenvalue weighted by molar-refractivity contribution is 5.87. The van der Waals surface area contributed by atoms with E-state index in [0.717, 1.165) is 6.08 Å². The fourth-order valence-electron chi connectivity index (χ4n) is 1.79. The number of rotatable bonds is 8. The molecular formula is C15H18N2O5. The van der Waals surface area contributed by atoms with Gasteiger partial charge in [0.25, 0.3) is 0 Å². The van der Waals surface area contributed by atoms with E-state index < -0.39 is 0 Å². The van der Waals surface area contributed by atoms with Crippen molar-refractivity contribution in [2.45, 2.75) is 6.42 Å². The molecule has 1 aliphatic rings. The van der Waals surface area contributed by atoms with Gasteiger partial charge in [0.15, 0.2) is 11.5 Å². The zero-order valence-electron chi connectivity index (χ0n) is 12.1. The molecule has 118 valence electrons. The molecule has 0 radical (unpaired) electrons. The van der Waals surface area contributed by atoms with Crippen molar-refractivity contribution in [1.82, 2.24) is 10.6 Å². The number of fused-ring (bicyclic) bond motifs is 1. The van der Waals surface area contributed by atoms with Crippen LogP contribution in [0, 0.1) is 0 Å². The number of benzene rings is 1. The first kappa shape index (κ1) is 15.7. The predicted molar refractivity (Wildman–Crippen MR) is 78.9 cm³/mol. The number of nitrogens with one attached hydrogen (secondary N) is 2. The monoisotopic (exact) mass is 306 g/mol. The molecule has 0 unspecified atom stereocenters. The van der Waals surface area contributed by atoms with Crippen LogP contribution in [0.2, 0.25) is 0 Å². The van der Waals surface area contributed by atoms with Gasteiger partial charge in [-0.3, -0.25) is 9.59 Å². The van der Waals surface area contributed by atoms with Gasteiger partial charge in [-0.05, 0) is 18.2 Å². The van der Waals surface area contributed by atoms with Gasteiger partial charge in [-0.25, -0.2) is 0 Å². The average molecular weight is 306 g/mol. The number of carbonyl (C=O) groups excluding carboxylic acids is 2. The Kier molecular flexibility index (Phi) is 5.65. The molecule has 0 saturated heterocycles. The van der Waals surface area contributed by atoms with Crippen LogP contribution in [0.5, 0.6) is 17.2 Å². The zero-order valence-corrected chi connectivity index (χ0v) is 12.1. The van der Waals surface area contributed by atoms with Crippen LogP contribution in [0.1, 0.15) is 6.42 Å². The Labute approximate surface area is 128 Å². The van der Waals surface area contributed by atoms with Gasteiger partial charge in [0.1, 0.15) is 12.4 Å². The van der Waals surface area contributed by atoms with Crippen molar-refractivity contribution in [3.63, 3.8) is 0 Å². The summed E-state index contributed by atoms with van der Waals surface area (Å²) in [6, 6.07) is 5.30. The molecule has 0 fully saturated rings. The van der Waals surface area contributed by atoms with E-state index in [9.17, 15) is 9.59 Å². The molecule has 0 aliphatic carbocycles. The van der Waals surface area contributed by atoms with E-state index in [-0.39, 0.29) is 31.6 Å². The molecule has 2 rings (SSSR count). The third-order valence-electron chi connectivity index (χ3n) is 2.87. The molecule has 1 heterocycles. The lowest BCUT2D eigenvalue weighted by molar-refractivity contribution is -0.121. The molecule has 0 saturated carbocycles. The molecule has 0 atom stereocenters. The summed E-state index contributed by atoms with van der Waals surface area (Å²) < 4.78 is 16.0. The van der Waals surface area contributed by atoms with Crippen molar-refractivity contribution in [2.75, 3.05) is 26.5 Å². The second-order valence-electron chi connectivity index (χ2n) is 4.46. The quantitative estimate of drug-likeness (QED) is 0.543. The fourth-order valence-corrected chi connectivity index (χ4v) is 1.79. The molecular weight excluding hydrogens is 288 g/mol. The Bertz CT molecular complexity index is 559. The van der Waals surface area contributed by atoms with E-state index in [1.807, 2.05) is 0 Å². The summed E-state index contributed by atoms with van der Waals surface area (Å²) in [7, 11) is 0. The van der Waals surface area contributed by atoms with Gasteiger partial charge < -0.3 is 24.8 Å². The first-order valence-corrected chi connectivity index (χ1v) is 6.88. The summed E-state index contributed by atoms with van der Waals surface area (Å²) in [4.78, 5) is 22.4. The summed E-state index contributed by atoms with van der Waals surface area (Å²) in [6.45, 7) is 4.54. The summed E-state index contributed by atoms with van der Waals surface area (Å²) in [6.07, 6.45) is 1.38. The number of amides is 2. The first-order chi connectivity index (χ1) is 10.7. The number of ether oxygens (including phenoxy) is 3. The molecule has 7 heteroatoms. The van der Waals surface area contributed by atoms with E-state index in [4.69, 9.17) is 14.2 Å². The van der Waals surface area contributed by atoms with Gasteiger partial charge in [0.2, 0.25) is 18.6 Å². The second-order valence-corrected chi connectivity index (χ2v) is 4.46. The molecule has 2 N–H and O–H groups in total. The van der Waals surface area contributed by atoms with E-state index in [2.05, 4.69) is 17.2 Å². The molecule has 22 heavy (non-hydrogen) atoms. The Balaban J connectivity index is 1.59. The smallest absolute Gasteiger partial charge is 0.243 e. The van der Waals surface area contributed by atoms with Crippen LogP contribution in [0.3, 0.4) is 0 Å². The van der Waals surface area contributed by atoms with Gasteiger partial charge >= 0.3 is 0 Å². The summed E-state index contributed by atoms with van der Waals surface area (Å²) in [5.74, 6) is 1.55. The van der Waals surface area contributed by atoms with E-state index in [0.29, 0.717) is 30.4 Å². The van der Waals surface area contributed by atoms with Gasteiger partial charge in [-0.15, -0.1) is 0 Å². The molecule has 2 amide bonds. The molecule has 0 bridgehead atoms. The third-order valence-corrected chi connectivity index (χ3v) is 2.87. The molecule has 7 nitrogen and oxygen atoms in total. The summed E-state index contributed by atoms with van der Waals surface area (Å²) in [5, 5.41) is 5.23. The number of carbonyl (C=O) groups is 2. The minimum absolute atomic E-state index is 0.154. The largest absolute Gasteiger partial charge is 0.492 e. The predicted octanol–water partition coefficient (Wildman–Crippen LogP) is 0.603. The van der Waals surface area contributed by atoms with Gasteiger partial charge in [-0.2, -0.15) is 0 Å². The van der Waals surface area contributed by atoms with Gasteiger partial charge in [0.05, 0.1) is 6.54 Å². The van der Waals surface area contributed by atoms with Crippen molar-refractivity contribution in [3.8, 4) is 17.2 Å². The fraction of sp³-hybridized carbons (Fsp3) is 0.333. The van der Waals surface area contributed by atoms with Crippen molar-refractivity contribution < 1.29 is 23.8 Å².